The molecule has 0 unspecified atom stereocenters. The molecule has 10 rings (SSSR count). The number of hydrogen-bond acceptors (Lipinski definition) is 9. The van der Waals surface area contributed by atoms with E-state index in [9.17, 15) is 23.6 Å². The maximum Gasteiger partial charge on any atom is 0.329 e. The van der Waals surface area contributed by atoms with Crippen molar-refractivity contribution in [3.8, 4) is 22.6 Å². The van der Waals surface area contributed by atoms with E-state index in [0.717, 1.165) is 37.8 Å². The van der Waals surface area contributed by atoms with E-state index in [2.05, 4.69) is 20.6 Å². The Morgan fingerprint density at radius 2 is 1.64 bits per heavy atom. The van der Waals surface area contributed by atoms with Crippen LogP contribution in [0.15, 0.2) is 54.6 Å². The predicted molar refractivity (Wildman–Crippen MR) is 276 cm³/mol. The van der Waals surface area contributed by atoms with Crippen LogP contribution in [0.4, 0.5) is 32.6 Å². The van der Waals surface area contributed by atoms with Gasteiger partial charge in [0.15, 0.2) is 28.8 Å². The number of fused-ring (bicyclic) bond motifs is 2. The second kappa shape index (κ2) is 21.6. The van der Waals surface area contributed by atoms with Crippen LogP contribution in [-0.4, -0.2) is 108 Å². The average Bonchev–Trinajstić information content (AvgIpc) is 3.88. The average molecular weight is 1070 g/mol. The molecule has 3 saturated heterocycles. The number of halogens is 6. The van der Waals surface area contributed by atoms with Gasteiger partial charge in [-0.3, -0.25) is 29.3 Å². The Morgan fingerprint density at radius 3 is 2.33 bits per heavy atom. The van der Waals surface area contributed by atoms with Crippen LogP contribution in [0.5, 0.6) is 11.5 Å². The number of alkyl halides is 1. The number of likely N-dealkylation sites (tertiary alicyclic amines) is 2. The van der Waals surface area contributed by atoms with E-state index in [1.54, 1.807) is 7.05 Å². The summed E-state index contributed by atoms with van der Waals surface area (Å²) < 4.78 is 91.3. The summed E-state index contributed by atoms with van der Waals surface area (Å²) in [5, 5.41) is 10.1. The number of amides is 5. The summed E-state index contributed by atoms with van der Waals surface area (Å²) >= 11 is 6.70. The lowest BCUT2D eigenvalue weighted by atomic mass is 9.77. The van der Waals surface area contributed by atoms with Crippen LogP contribution in [0.2, 0.25) is 5.02 Å². The summed E-state index contributed by atoms with van der Waals surface area (Å²) in [6, 6.07) is 13.6. The zero-order valence-corrected chi connectivity index (χ0v) is 43.5. The van der Waals surface area contributed by atoms with Gasteiger partial charge in [0.05, 0.1) is 16.0 Å². The molecule has 76 heavy (non-hydrogen) atoms. The van der Waals surface area contributed by atoms with Crippen molar-refractivity contribution < 1.29 is 50.6 Å². The van der Waals surface area contributed by atoms with Crippen molar-refractivity contribution in [3.05, 3.63) is 105 Å². The van der Waals surface area contributed by atoms with Gasteiger partial charge in [0, 0.05) is 98.9 Å². The number of imide groups is 1. The summed E-state index contributed by atoms with van der Waals surface area (Å²) in [6.45, 7) is 6.36. The van der Waals surface area contributed by atoms with Gasteiger partial charge in [-0.2, -0.15) is 5.10 Å². The van der Waals surface area contributed by atoms with Gasteiger partial charge in [-0.05, 0) is 93.0 Å². The molecule has 4 N–H and O–H groups in total. The molecule has 20 heteroatoms. The minimum Gasteiger partial charge on any atom is -0.488 e. The molecule has 1 aliphatic carbocycles. The van der Waals surface area contributed by atoms with Gasteiger partial charge in [0.1, 0.15) is 36.2 Å². The minimum atomic E-state index is -1.15. The van der Waals surface area contributed by atoms with Crippen molar-refractivity contribution in [1.82, 2.24) is 30.2 Å². The zero-order valence-electron chi connectivity index (χ0n) is 42.7. The van der Waals surface area contributed by atoms with E-state index < -0.39 is 70.9 Å². The van der Waals surface area contributed by atoms with Gasteiger partial charge >= 0.3 is 6.03 Å². The van der Waals surface area contributed by atoms with E-state index in [1.807, 2.05) is 49.1 Å². The number of rotatable bonds is 14. The van der Waals surface area contributed by atoms with Crippen molar-refractivity contribution >= 4 is 52.1 Å². The fourth-order valence-electron chi connectivity index (χ4n) is 12.8. The number of aromatic nitrogens is 2. The zero-order chi connectivity index (χ0) is 53.7. The molecule has 5 aliphatic rings. The van der Waals surface area contributed by atoms with E-state index in [1.165, 1.54) is 33.8 Å². The number of ether oxygens (including phenoxy) is 2. The molecule has 1 saturated carbocycles. The topological polar surface area (TPSA) is 164 Å². The third kappa shape index (κ3) is 9.75. The summed E-state index contributed by atoms with van der Waals surface area (Å²) in [6.07, 6.45) is 5.16. The van der Waals surface area contributed by atoms with Gasteiger partial charge in [-0.1, -0.05) is 55.8 Å². The fourth-order valence-corrected chi connectivity index (χ4v) is 13.0. The number of benzene rings is 4. The first-order chi connectivity index (χ1) is 36.5. The predicted octanol–water partition coefficient (Wildman–Crippen LogP) is 9.25. The van der Waals surface area contributed by atoms with Crippen LogP contribution in [0, 0.1) is 41.0 Å². The smallest absolute Gasteiger partial charge is 0.329 e. The first-order valence-electron chi connectivity index (χ1n) is 26.3. The third-order valence-corrected chi connectivity index (χ3v) is 17.1. The summed E-state index contributed by atoms with van der Waals surface area (Å²) in [5.74, 6) is -5.42. The Kier molecular flexibility index (Phi) is 15.1. The lowest BCUT2D eigenvalue weighted by molar-refractivity contribution is -0.138. The second-order valence-corrected chi connectivity index (χ2v) is 21.6. The molecule has 4 aromatic carbocycles. The van der Waals surface area contributed by atoms with Crippen LogP contribution >= 0.6 is 11.6 Å². The molecule has 0 spiro atoms. The van der Waals surface area contributed by atoms with E-state index in [-0.39, 0.29) is 99.7 Å². The fraction of sp³-hybridized carbons (Fsp3) is 0.482. The maximum absolute atomic E-state index is 16.5. The highest BCUT2D eigenvalue weighted by Gasteiger charge is 2.50. The number of aryl methyl sites for hydroxylation is 1. The van der Waals surface area contributed by atoms with Crippen LogP contribution in [0.1, 0.15) is 104 Å². The van der Waals surface area contributed by atoms with Crippen molar-refractivity contribution in [1.29, 1.82) is 0 Å². The molecule has 404 valence electrons. The molecule has 4 fully saturated rings. The molecule has 5 amide bonds. The minimum absolute atomic E-state index is 0.0199. The number of carbonyl (C=O) groups is 4. The standard InChI is InChI=1S/C56H62ClF5N8O6/c1-30-27-68(20-17-36(30)45-39(59)25-38-51(50(45)62)67(3)66-53(38)70-23-18-43(71)65-55(70)74)28-32-15-21-69(22-16-32)54(73)33-9-11-35(12-10-33)64-29-56(34-7-5-4-6-8-34)31(2)44-42(76-56)26-40(60)48(57)47(44)46-37(52(63)72)13-14-41(49(46)61)75-24-19-58/h4-8,13-14,25-26,30-33,35-36,64H,9-12,15-24,27-29H2,1-3H3,(H2,63,72)(H,65,71,74)/t30-,31-,33?,35?,36+,56-/m0/s1. The molecule has 5 aromatic rings. The quantitative estimate of drug-likeness (QED) is 0.0920. The highest BCUT2D eigenvalue weighted by atomic mass is 35.5. The van der Waals surface area contributed by atoms with Gasteiger partial charge in [0.2, 0.25) is 17.7 Å². The van der Waals surface area contributed by atoms with Crippen LogP contribution < -0.4 is 30.7 Å². The first kappa shape index (κ1) is 53.1. The molecule has 0 bridgehead atoms. The SMILES string of the molecule is C[C@H]1CN(CC2CCN(C(=O)C3CCC(NC[C@]4(c5ccccc5)Oc5cc(F)c(Cl)c(-c6c(C(N)=O)ccc(OCCF)c6F)c5[C@@H]4C)CC3)CC2)CC[C@H]1c1c(F)cc2c(N3CCC(=O)NC3=O)nn(C)c2c1F. The molecule has 0 radical (unpaired) electrons. The van der Waals surface area contributed by atoms with Gasteiger partial charge in [0.25, 0.3) is 0 Å². The maximum atomic E-state index is 16.5. The number of piperidine rings is 2. The van der Waals surface area contributed by atoms with Crippen LogP contribution in [0.25, 0.3) is 22.0 Å². The lowest BCUT2D eigenvalue weighted by Gasteiger charge is -2.41. The third-order valence-electron chi connectivity index (χ3n) is 16.7. The molecule has 4 aliphatic heterocycles. The van der Waals surface area contributed by atoms with E-state index in [4.69, 9.17) is 26.8 Å². The Labute approximate surface area is 442 Å². The van der Waals surface area contributed by atoms with Gasteiger partial charge in [-0.25, -0.2) is 26.7 Å². The summed E-state index contributed by atoms with van der Waals surface area (Å²) in [7, 11) is 1.56. The monoisotopic (exact) mass is 1070 g/mol. The molecular weight excluding hydrogens is 1010 g/mol. The van der Waals surface area contributed by atoms with Crippen molar-refractivity contribution in [2.45, 2.75) is 88.7 Å². The molecule has 14 nitrogen and oxygen atoms in total. The van der Waals surface area contributed by atoms with E-state index >= 15 is 17.6 Å². The second-order valence-electron chi connectivity index (χ2n) is 21.3. The Bertz CT molecular complexity index is 3080. The Morgan fingerprint density at radius 1 is 0.908 bits per heavy atom. The highest BCUT2D eigenvalue weighted by Crippen LogP contribution is 2.57. The van der Waals surface area contributed by atoms with E-state index in [0.29, 0.717) is 56.9 Å². The largest absolute Gasteiger partial charge is 0.488 e. The Hall–Kier alpha value is -6.31. The number of urea groups is 1. The molecule has 1 aromatic heterocycles. The summed E-state index contributed by atoms with van der Waals surface area (Å²) in [4.78, 5) is 56.7. The Balaban J connectivity index is 0.746. The van der Waals surface area contributed by atoms with Crippen molar-refractivity contribution in [2.24, 2.45) is 30.5 Å². The number of nitrogens with zero attached hydrogens (tertiary/aromatic N) is 5. The van der Waals surface area contributed by atoms with Crippen molar-refractivity contribution in [3.63, 3.8) is 0 Å². The number of carbonyl (C=O) groups excluding carboxylic acids is 4. The van der Waals surface area contributed by atoms with Crippen LogP contribution in [-0.2, 0) is 22.2 Å². The number of nitrogens with two attached hydrogens (primary N) is 1. The number of nitrogens with one attached hydrogen (secondary N) is 2. The van der Waals surface area contributed by atoms with Gasteiger partial charge < -0.3 is 30.3 Å². The first-order valence-corrected chi connectivity index (χ1v) is 26.7. The summed E-state index contributed by atoms with van der Waals surface area (Å²) in [5.41, 5.74) is 5.14. The molecule has 5 heterocycles. The van der Waals surface area contributed by atoms with Crippen LogP contribution in [0.3, 0.4) is 0 Å². The molecular formula is C56H62ClF5N8O6. The lowest BCUT2D eigenvalue weighted by Crippen LogP contribution is -2.49. The van der Waals surface area contributed by atoms with Crippen molar-refractivity contribution in [2.75, 3.05) is 64.0 Å². The number of anilines is 1. The van der Waals surface area contributed by atoms with Gasteiger partial charge in [-0.15, -0.1) is 0 Å². The normalized spacial score (nSPS) is 24.4. The number of hydrogen-bond donors (Lipinski definition) is 3. The highest BCUT2D eigenvalue weighted by molar-refractivity contribution is 6.34. The molecule has 4 atom stereocenters. The number of primary amides is 1.